The molecule has 0 fully saturated rings. The van der Waals surface area contributed by atoms with Crippen molar-refractivity contribution in [3.8, 4) is 0 Å². The zero-order valence-corrected chi connectivity index (χ0v) is 9.16. The normalized spacial score (nSPS) is 11.1. The fraction of sp³-hybridized carbons (Fsp3) is 0.455. The fourth-order valence-electron chi connectivity index (χ4n) is 1.46. The fourth-order valence-corrected chi connectivity index (χ4v) is 1.46. The van der Waals surface area contributed by atoms with E-state index in [-0.39, 0.29) is 5.78 Å². The molecule has 0 bridgehead atoms. The summed E-state index contributed by atoms with van der Waals surface area (Å²) >= 11 is 0. The zero-order valence-electron chi connectivity index (χ0n) is 9.16. The van der Waals surface area contributed by atoms with Crippen LogP contribution >= 0.6 is 0 Å². The van der Waals surface area contributed by atoms with Gasteiger partial charge >= 0.3 is 0 Å². The molecular weight excluding hydrogens is 176 g/mol. The Hall–Kier alpha value is -1.38. The molecule has 1 aromatic rings. The molecule has 0 amide bonds. The van der Waals surface area contributed by atoms with Crippen molar-refractivity contribution in [2.24, 2.45) is 0 Å². The summed E-state index contributed by atoms with van der Waals surface area (Å²) in [6.07, 6.45) is 3.42. The van der Waals surface area contributed by atoms with Gasteiger partial charge in [-0.05, 0) is 39.8 Å². The predicted molar refractivity (Wildman–Crippen MR) is 57.1 cm³/mol. The van der Waals surface area contributed by atoms with Crippen LogP contribution in [0.2, 0.25) is 0 Å². The summed E-state index contributed by atoms with van der Waals surface area (Å²) < 4.78 is 1.94. The molecular formula is C11H16N2O. The Morgan fingerprint density at radius 2 is 2.14 bits per heavy atom. The first-order valence-electron chi connectivity index (χ1n) is 4.79. The van der Waals surface area contributed by atoms with Gasteiger partial charge in [-0.25, -0.2) is 0 Å². The Morgan fingerprint density at radius 3 is 2.57 bits per heavy atom. The van der Waals surface area contributed by atoms with Crippen LogP contribution in [0.5, 0.6) is 0 Å². The van der Waals surface area contributed by atoms with E-state index in [1.807, 2.05) is 24.6 Å². The van der Waals surface area contributed by atoms with Crippen LogP contribution in [-0.4, -0.2) is 15.6 Å². The first-order valence-corrected chi connectivity index (χ1v) is 4.79. The Labute approximate surface area is 84.4 Å². The predicted octanol–water partition coefficient (Wildman–Crippen LogP) is 2.12. The molecule has 3 heteroatoms. The van der Waals surface area contributed by atoms with Crippen molar-refractivity contribution >= 4 is 11.9 Å². The summed E-state index contributed by atoms with van der Waals surface area (Å²) in [6, 6.07) is 0. The van der Waals surface area contributed by atoms with E-state index < -0.39 is 0 Å². The second kappa shape index (κ2) is 4.22. The second-order valence-electron chi connectivity index (χ2n) is 3.34. The summed E-state index contributed by atoms with van der Waals surface area (Å²) in [5.41, 5.74) is 3.14. The molecule has 76 valence electrons. The lowest BCUT2D eigenvalue weighted by Crippen LogP contribution is -1.98. The molecule has 0 aromatic carbocycles. The molecule has 0 saturated heterocycles. The lowest BCUT2D eigenvalue weighted by molar-refractivity contribution is -0.112. The quantitative estimate of drug-likeness (QED) is 0.687. The molecule has 14 heavy (non-hydrogen) atoms. The highest BCUT2D eigenvalue weighted by atomic mass is 16.1. The molecule has 0 saturated carbocycles. The number of aromatic nitrogens is 2. The minimum atomic E-state index is 0.0630. The highest BCUT2D eigenvalue weighted by Gasteiger charge is 2.06. The average molecular weight is 192 g/mol. The van der Waals surface area contributed by atoms with E-state index in [0.29, 0.717) is 0 Å². The topological polar surface area (TPSA) is 34.9 Å². The molecule has 1 rings (SSSR count). The van der Waals surface area contributed by atoms with Crippen molar-refractivity contribution in [2.45, 2.75) is 34.2 Å². The minimum Gasteiger partial charge on any atom is -0.295 e. The van der Waals surface area contributed by atoms with Crippen LogP contribution in [0.4, 0.5) is 0 Å². The molecule has 0 N–H and O–H groups in total. The third kappa shape index (κ3) is 2.10. The van der Waals surface area contributed by atoms with Crippen LogP contribution in [0.25, 0.3) is 6.08 Å². The number of nitrogens with zero attached hydrogens (tertiary/aromatic N) is 2. The minimum absolute atomic E-state index is 0.0630. The first kappa shape index (κ1) is 10.7. The van der Waals surface area contributed by atoms with E-state index in [2.05, 4.69) is 12.0 Å². The standard InChI is InChI=1S/C11H16N2O/c1-5-13-10(4)11(9(3)12-13)7-6-8(2)14/h6-7H,5H2,1-4H3/b7-6+. The maximum absolute atomic E-state index is 10.8. The van der Waals surface area contributed by atoms with Gasteiger partial charge in [0.1, 0.15) is 0 Å². The van der Waals surface area contributed by atoms with E-state index in [9.17, 15) is 4.79 Å². The van der Waals surface area contributed by atoms with Crippen LogP contribution in [0.3, 0.4) is 0 Å². The summed E-state index contributed by atoms with van der Waals surface area (Å²) in [6.45, 7) is 8.44. The Bertz CT molecular complexity index is 375. The summed E-state index contributed by atoms with van der Waals surface area (Å²) in [5, 5.41) is 4.36. The highest BCUT2D eigenvalue weighted by molar-refractivity contribution is 5.91. The van der Waals surface area contributed by atoms with Gasteiger partial charge in [0, 0.05) is 17.8 Å². The average Bonchev–Trinajstić information content (AvgIpc) is 2.39. The molecule has 3 nitrogen and oxygen atoms in total. The van der Waals surface area contributed by atoms with Crippen molar-refractivity contribution in [2.75, 3.05) is 0 Å². The van der Waals surface area contributed by atoms with E-state index in [1.54, 1.807) is 13.0 Å². The van der Waals surface area contributed by atoms with Gasteiger partial charge in [-0.15, -0.1) is 0 Å². The van der Waals surface area contributed by atoms with Crippen molar-refractivity contribution in [3.05, 3.63) is 23.0 Å². The Balaban J connectivity index is 3.08. The SMILES string of the molecule is CCn1nc(C)c(/C=C/C(C)=O)c1C. The van der Waals surface area contributed by atoms with Gasteiger partial charge in [0.2, 0.25) is 0 Å². The number of carbonyl (C=O) groups excluding carboxylic acids is 1. The van der Waals surface area contributed by atoms with Crippen molar-refractivity contribution in [1.29, 1.82) is 0 Å². The molecule has 0 radical (unpaired) electrons. The molecule has 0 atom stereocenters. The summed E-state index contributed by atoms with van der Waals surface area (Å²) in [5.74, 6) is 0.0630. The van der Waals surface area contributed by atoms with Gasteiger partial charge in [-0.3, -0.25) is 9.48 Å². The zero-order chi connectivity index (χ0) is 10.7. The lowest BCUT2D eigenvalue weighted by Gasteiger charge is -1.97. The highest BCUT2D eigenvalue weighted by Crippen LogP contribution is 2.14. The smallest absolute Gasteiger partial charge is 0.152 e. The molecule has 0 aliphatic carbocycles. The molecule has 0 spiro atoms. The van der Waals surface area contributed by atoms with Crippen LogP contribution in [0.15, 0.2) is 6.08 Å². The number of carbonyl (C=O) groups is 1. The largest absolute Gasteiger partial charge is 0.295 e. The molecule has 0 unspecified atom stereocenters. The van der Waals surface area contributed by atoms with E-state index in [0.717, 1.165) is 23.5 Å². The third-order valence-electron chi connectivity index (χ3n) is 2.22. The van der Waals surface area contributed by atoms with Gasteiger partial charge in [0.15, 0.2) is 5.78 Å². The van der Waals surface area contributed by atoms with E-state index >= 15 is 0 Å². The molecule has 1 heterocycles. The van der Waals surface area contributed by atoms with Gasteiger partial charge in [-0.2, -0.15) is 5.10 Å². The molecule has 0 aliphatic rings. The second-order valence-corrected chi connectivity index (χ2v) is 3.34. The number of ketones is 1. The van der Waals surface area contributed by atoms with Crippen LogP contribution in [-0.2, 0) is 11.3 Å². The van der Waals surface area contributed by atoms with E-state index in [1.165, 1.54) is 0 Å². The van der Waals surface area contributed by atoms with E-state index in [4.69, 9.17) is 0 Å². The Kier molecular flexibility index (Phi) is 3.23. The maximum Gasteiger partial charge on any atom is 0.152 e. The van der Waals surface area contributed by atoms with Crippen LogP contribution in [0.1, 0.15) is 30.8 Å². The number of hydrogen-bond donors (Lipinski definition) is 0. The number of hydrogen-bond acceptors (Lipinski definition) is 2. The molecule has 1 aromatic heterocycles. The number of aryl methyl sites for hydroxylation is 2. The van der Waals surface area contributed by atoms with Crippen molar-refractivity contribution in [3.63, 3.8) is 0 Å². The van der Waals surface area contributed by atoms with Crippen molar-refractivity contribution in [1.82, 2.24) is 9.78 Å². The summed E-state index contributed by atoms with van der Waals surface area (Å²) in [7, 11) is 0. The first-order chi connectivity index (χ1) is 6.56. The monoisotopic (exact) mass is 192 g/mol. The van der Waals surface area contributed by atoms with Crippen LogP contribution in [0, 0.1) is 13.8 Å². The summed E-state index contributed by atoms with van der Waals surface area (Å²) in [4.78, 5) is 10.8. The number of allylic oxidation sites excluding steroid dienone is 1. The van der Waals surface area contributed by atoms with Gasteiger partial charge < -0.3 is 0 Å². The third-order valence-corrected chi connectivity index (χ3v) is 2.22. The Morgan fingerprint density at radius 1 is 1.50 bits per heavy atom. The van der Waals surface area contributed by atoms with Gasteiger partial charge in [0.25, 0.3) is 0 Å². The lowest BCUT2D eigenvalue weighted by atomic mass is 10.1. The number of rotatable bonds is 3. The van der Waals surface area contributed by atoms with Crippen LogP contribution < -0.4 is 0 Å². The maximum atomic E-state index is 10.8. The molecule has 0 aliphatic heterocycles. The van der Waals surface area contributed by atoms with Gasteiger partial charge in [-0.1, -0.05) is 0 Å². The van der Waals surface area contributed by atoms with Crippen molar-refractivity contribution < 1.29 is 4.79 Å². The van der Waals surface area contributed by atoms with Gasteiger partial charge in [0.05, 0.1) is 5.69 Å².